The zero-order valence-corrected chi connectivity index (χ0v) is 25.2. The van der Waals surface area contributed by atoms with Gasteiger partial charge in [-0.25, -0.2) is 0 Å². The summed E-state index contributed by atoms with van der Waals surface area (Å²) < 4.78 is 2.68. The van der Waals surface area contributed by atoms with Crippen molar-refractivity contribution in [1.82, 2.24) is 0 Å². The lowest BCUT2D eigenvalue weighted by Crippen LogP contribution is -1.85. The fraction of sp³-hybridized carbons (Fsp3) is 0. The Balaban J connectivity index is 1.02. The number of fused-ring (bicyclic) bond motifs is 7. The molecule has 0 aliphatic heterocycles. The maximum atomic E-state index is 2.38. The summed E-state index contributed by atoms with van der Waals surface area (Å²) in [7, 11) is 0. The highest BCUT2D eigenvalue weighted by molar-refractivity contribution is 7.25. The lowest BCUT2D eigenvalue weighted by atomic mass is 9.93. The molecule has 0 fully saturated rings. The first-order valence-electron chi connectivity index (χ1n) is 15.5. The first-order chi connectivity index (χ1) is 22.3. The molecule has 1 aromatic heterocycles. The minimum absolute atomic E-state index is 1.24. The van der Waals surface area contributed by atoms with Gasteiger partial charge in [0.1, 0.15) is 0 Å². The number of hydrogen-bond acceptors (Lipinski definition) is 1. The largest absolute Gasteiger partial charge is 0.135 e. The summed E-state index contributed by atoms with van der Waals surface area (Å²) in [6.45, 7) is 0. The average Bonchev–Trinajstić information content (AvgIpc) is 3.64. The second-order valence-electron chi connectivity index (χ2n) is 12.1. The predicted octanol–water partition coefficient (Wildman–Crippen LogP) is 13.0. The molecule has 45 heavy (non-hydrogen) atoms. The number of thiophene rings is 1. The third kappa shape index (κ3) is 3.84. The molecule has 208 valence electrons. The van der Waals surface area contributed by atoms with Crippen molar-refractivity contribution in [1.29, 1.82) is 0 Å². The van der Waals surface area contributed by atoms with Gasteiger partial charge in [-0.2, -0.15) is 0 Å². The molecule has 0 radical (unpaired) electrons. The molecular formula is C44H26S. The highest BCUT2D eigenvalue weighted by Gasteiger charge is 2.21. The van der Waals surface area contributed by atoms with E-state index >= 15 is 0 Å². The van der Waals surface area contributed by atoms with Gasteiger partial charge in [-0.15, -0.1) is 11.3 Å². The van der Waals surface area contributed by atoms with Gasteiger partial charge in [0.25, 0.3) is 0 Å². The summed E-state index contributed by atoms with van der Waals surface area (Å²) in [5, 5.41) is 7.87. The maximum Gasteiger partial charge on any atom is 0.0355 e. The van der Waals surface area contributed by atoms with Gasteiger partial charge in [0.15, 0.2) is 0 Å². The Labute approximate surface area is 265 Å². The molecule has 10 rings (SSSR count). The van der Waals surface area contributed by atoms with Gasteiger partial charge in [0.2, 0.25) is 0 Å². The molecule has 1 aliphatic carbocycles. The molecule has 1 aliphatic rings. The van der Waals surface area contributed by atoms with E-state index in [2.05, 4.69) is 158 Å². The Morgan fingerprint density at radius 1 is 0.289 bits per heavy atom. The lowest BCUT2D eigenvalue weighted by molar-refractivity contribution is 1.61. The van der Waals surface area contributed by atoms with Gasteiger partial charge in [0.05, 0.1) is 0 Å². The second-order valence-corrected chi connectivity index (χ2v) is 13.2. The van der Waals surface area contributed by atoms with Crippen molar-refractivity contribution in [2.45, 2.75) is 0 Å². The van der Waals surface area contributed by atoms with Crippen LogP contribution in [0.2, 0.25) is 0 Å². The van der Waals surface area contributed by atoms with E-state index in [1.807, 2.05) is 11.3 Å². The first kappa shape index (κ1) is 24.9. The molecule has 0 bridgehead atoms. The molecule has 1 heteroatoms. The summed E-state index contributed by atoms with van der Waals surface area (Å²) in [4.78, 5) is 0. The third-order valence-corrected chi connectivity index (χ3v) is 10.7. The topological polar surface area (TPSA) is 0 Å². The predicted molar refractivity (Wildman–Crippen MR) is 195 cm³/mol. The molecule has 0 saturated carbocycles. The van der Waals surface area contributed by atoms with E-state index in [-0.39, 0.29) is 0 Å². The van der Waals surface area contributed by atoms with Gasteiger partial charge in [0, 0.05) is 20.2 Å². The van der Waals surface area contributed by atoms with Crippen LogP contribution in [-0.4, -0.2) is 0 Å². The molecule has 0 atom stereocenters. The molecule has 0 nitrogen and oxygen atoms in total. The summed E-state index contributed by atoms with van der Waals surface area (Å²) >= 11 is 1.87. The van der Waals surface area contributed by atoms with Crippen LogP contribution in [0.3, 0.4) is 0 Å². The van der Waals surface area contributed by atoms with Crippen molar-refractivity contribution >= 4 is 53.1 Å². The lowest BCUT2D eigenvalue weighted by Gasteiger charge is -2.11. The van der Waals surface area contributed by atoms with E-state index < -0.39 is 0 Å². The standard InChI is InChI=1S/C44H26S/c1-2-11-37-36(10-1)39-13-6-9-34-24-35(26-41(37)44(34)39)32-18-17-30-22-29(15-16-31(30)23-32)27-7-5-8-28(21-27)33-19-20-43-40(25-33)38-12-3-4-14-42(38)45-43/h1-26H. The number of hydrogen-bond donors (Lipinski definition) is 0. The highest BCUT2D eigenvalue weighted by Crippen LogP contribution is 2.48. The fourth-order valence-corrected chi connectivity index (χ4v) is 8.46. The number of benzene rings is 8. The highest BCUT2D eigenvalue weighted by atomic mass is 32.1. The van der Waals surface area contributed by atoms with Crippen LogP contribution >= 0.6 is 11.3 Å². The minimum atomic E-state index is 1.24. The van der Waals surface area contributed by atoms with E-state index in [9.17, 15) is 0 Å². The van der Waals surface area contributed by atoms with E-state index in [0.29, 0.717) is 0 Å². The zero-order valence-electron chi connectivity index (χ0n) is 24.4. The molecule has 0 amide bonds. The first-order valence-corrected chi connectivity index (χ1v) is 16.3. The Morgan fingerprint density at radius 3 is 1.69 bits per heavy atom. The van der Waals surface area contributed by atoms with Gasteiger partial charge in [-0.05, 0) is 126 Å². The average molecular weight is 587 g/mol. The van der Waals surface area contributed by atoms with Crippen molar-refractivity contribution in [2.24, 2.45) is 0 Å². The van der Waals surface area contributed by atoms with E-state index in [1.165, 1.54) is 97.4 Å². The monoisotopic (exact) mass is 586 g/mol. The SMILES string of the molecule is c1cc(-c2ccc3cc(-c4cc5c6c(cccc6c4)-c4ccccc4-5)ccc3c2)cc(-c2ccc3sc4ccccc4c3c2)c1. The number of rotatable bonds is 3. The third-order valence-electron chi connectivity index (χ3n) is 9.56. The summed E-state index contributed by atoms with van der Waals surface area (Å²) in [6.07, 6.45) is 0. The maximum absolute atomic E-state index is 2.38. The molecule has 8 aromatic carbocycles. The van der Waals surface area contributed by atoms with Gasteiger partial charge < -0.3 is 0 Å². The van der Waals surface area contributed by atoms with Crippen molar-refractivity contribution < 1.29 is 0 Å². The fourth-order valence-electron chi connectivity index (χ4n) is 7.37. The molecule has 0 N–H and O–H groups in total. The van der Waals surface area contributed by atoms with Crippen LogP contribution in [0.15, 0.2) is 158 Å². The van der Waals surface area contributed by atoms with Crippen molar-refractivity contribution in [3.05, 3.63) is 158 Å². The molecule has 0 unspecified atom stereocenters. The van der Waals surface area contributed by atoms with Crippen LogP contribution < -0.4 is 0 Å². The zero-order chi connectivity index (χ0) is 29.5. The van der Waals surface area contributed by atoms with E-state index in [4.69, 9.17) is 0 Å². The molecular weight excluding hydrogens is 561 g/mol. The van der Waals surface area contributed by atoms with Crippen LogP contribution in [-0.2, 0) is 0 Å². The van der Waals surface area contributed by atoms with Crippen LogP contribution in [0, 0.1) is 0 Å². The Hall–Kier alpha value is -5.50. The quantitative estimate of drug-likeness (QED) is 0.193. The van der Waals surface area contributed by atoms with E-state index in [0.717, 1.165) is 0 Å². The second kappa shape index (κ2) is 9.50. The molecule has 0 spiro atoms. The van der Waals surface area contributed by atoms with Gasteiger partial charge >= 0.3 is 0 Å². The Bertz CT molecular complexity index is 2650. The summed E-state index contributed by atoms with van der Waals surface area (Å²) in [5.41, 5.74) is 12.9. The summed E-state index contributed by atoms with van der Waals surface area (Å²) in [6, 6.07) is 58.6. The van der Waals surface area contributed by atoms with Gasteiger partial charge in [-0.1, -0.05) is 109 Å². The van der Waals surface area contributed by atoms with Crippen LogP contribution in [0.25, 0.3) is 97.4 Å². The Kier molecular flexibility index (Phi) is 5.25. The Morgan fingerprint density at radius 2 is 0.867 bits per heavy atom. The normalized spacial score (nSPS) is 12.0. The minimum Gasteiger partial charge on any atom is -0.135 e. The smallest absolute Gasteiger partial charge is 0.0355 e. The van der Waals surface area contributed by atoms with Crippen LogP contribution in [0.5, 0.6) is 0 Å². The molecule has 1 heterocycles. The van der Waals surface area contributed by atoms with Crippen molar-refractivity contribution in [3.63, 3.8) is 0 Å². The van der Waals surface area contributed by atoms with Crippen molar-refractivity contribution in [2.75, 3.05) is 0 Å². The van der Waals surface area contributed by atoms with Gasteiger partial charge in [-0.3, -0.25) is 0 Å². The summed E-state index contributed by atoms with van der Waals surface area (Å²) in [5.74, 6) is 0. The van der Waals surface area contributed by atoms with Crippen molar-refractivity contribution in [3.8, 4) is 55.6 Å². The molecule has 9 aromatic rings. The van der Waals surface area contributed by atoms with Crippen LogP contribution in [0.1, 0.15) is 0 Å². The van der Waals surface area contributed by atoms with E-state index in [1.54, 1.807) is 0 Å². The molecule has 0 saturated heterocycles. The van der Waals surface area contributed by atoms with Crippen LogP contribution in [0.4, 0.5) is 0 Å².